The summed E-state index contributed by atoms with van der Waals surface area (Å²) in [6.45, 7) is 0. The van der Waals surface area contributed by atoms with Crippen LogP contribution in [0.15, 0.2) is 237 Å². The number of nitrogens with zero attached hydrogens (tertiary/aromatic N) is 7. The van der Waals surface area contributed by atoms with Gasteiger partial charge in [0, 0.05) is 55.0 Å². The van der Waals surface area contributed by atoms with Crippen molar-refractivity contribution in [2.45, 2.75) is 0 Å². The molecule has 0 amide bonds. The molecule has 68 heavy (non-hydrogen) atoms. The highest BCUT2D eigenvalue weighted by Crippen LogP contribution is 2.40. The lowest BCUT2D eigenvalue weighted by atomic mass is 10.0. The van der Waals surface area contributed by atoms with Crippen LogP contribution in [-0.4, -0.2) is 34.1 Å². The molecule has 0 spiro atoms. The second-order valence-corrected chi connectivity index (χ2v) is 16.9. The number of para-hydroxylation sites is 2. The number of rotatable bonds is 8. The van der Waals surface area contributed by atoms with E-state index in [0.29, 0.717) is 23.4 Å². The van der Waals surface area contributed by atoms with Gasteiger partial charge in [-0.2, -0.15) is 9.97 Å². The third-order valence-electron chi connectivity index (χ3n) is 12.8. The first-order chi connectivity index (χ1) is 33.7. The Kier molecular flexibility index (Phi) is 9.35. The molecule has 4 heterocycles. The normalized spacial score (nSPS) is 11.5. The van der Waals surface area contributed by atoms with Crippen LogP contribution in [0.3, 0.4) is 0 Å². The molecule has 0 aliphatic carbocycles. The fourth-order valence-electron chi connectivity index (χ4n) is 9.58. The minimum atomic E-state index is 0.551. The van der Waals surface area contributed by atoms with Crippen LogP contribution in [0.5, 0.6) is 0 Å². The van der Waals surface area contributed by atoms with Crippen LogP contribution in [0.2, 0.25) is 0 Å². The molecule has 0 saturated carbocycles. The van der Waals surface area contributed by atoms with Gasteiger partial charge in [0.2, 0.25) is 5.95 Å². The Morgan fingerprint density at radius 1 is 0.235 bits per heavy atom. The number of aromatic nitrogens is 7. The van der Waals surface area contributed by atoms with Gasteiger partial charge in [-0.15, -0.1) is 0 Å². The van der Waals surface area contributed by atoms with Crippen LogP contribution in [0.25, 0.3) is 123 Å². The van der Waals surface area contributed by atoms with Crippen molar-refractivity contribution in [3.05, 3.63) is 237 Å². The Morgan fingerprint density at radius 2 is 0.676 bits per heavy atom. The molecular formula is C61H39N7. The second-order valence-electron chi connectivity index (χ2n) is 16.9. The zero-order chi connectivity index (χ0) is 45.0. The molecule has 4 aromatic heterocycles. The molecule has 318 valence electrons. The summed E-state index contributed by atoms with van der Waals surface area (Å²) < 4.78 is 4.59. The van der Waals surface area contributed by atoms with Crippen molar-refractivity contribution in [3.63, 3.8) is 0 Å². The molecule has 0 aliphatic heterocycles. The molecule has 0 unspecified atom stereocenters. The van der Waals surface area contributed by atoms with E-state index >= 15 is 0 Å². The summed E-state index contributed by atoms with van der Waals surface area (Å²) in [6, 6.07) is 82.2. The van der Waals surface area contributed by atoms with Gasteiger partial charge < -0.3 is 4.57 Å². The third-order valence-corrected chi connectivity index (χ3v) is 12.8. The van der Waals surface area contributed by atoms with Gasteiger partial charge in [0.1, 0.15) is 0 Å². The number of hydrogen-bond acceptors (Lipinski definition) is 5. The second kappa shape index (κ2) is 16.3. The van der Waals surface area contributed by atoms with E-state index in [1.807, 2.05) is 60.7 Å². The fraction of sp³-hybridized carbons (Fsp3) is 0. The van der Waals surface area contributed by atoms with E-state index < -0.39 is 0 Å². The van der Waals surface area contributed by atoms with Crippen LogP contribution in [0.1, 0.15) is 0 Å². The monoisotopic (exact) mass is 869 g/mol. The zero-order valence-corrected chi connectivity index (χ0v) is 36.6. The van der Waals surface area contributed by atoms with Crippen molar-refractivity contribution in [2.24, 2.45) is 0 Å². The SMILES string of the molecule is c1ccc(-c2cccc(-c3nc(-c4ccccc4)nc(-n4c5ccccc5c5cc6c(cc54)c4ccccc4n6-c4cccc(-c5cc(-c6ccccc6)nc(-c6ccccc6)n5)c4)n3)c2)cc1. The maximum Gasteiger partial charge on any atom is 0.238 e. The summed E-state index contributed by atoms with van der Waals surface area (Å²) in [5.74, 6) is 2.45. The first kappa shape index (κ1) is 39.1. The minimum absolute atomic E-state index is 0.551. The van der Waals surface area contributed by atoms with E-state index in [0.717, 1.165) is 99.6 Å². The van der Waals surface area contributed by atoms with Crippen LogP contribution >= 0.6 is 0 Å². The lowest BCUT2D eigenvalue weighted by molar-refractivity contribution is 0.954. The predicted octanol–water partition coefficient (Wildman–Crippen LogP) is 14.9. The summed E-state index contributed by atoms with van der Waals surface area (Å²) in [7, 11) is 0. The van der Waals surface area contributed by atoms with Gasteiger partial charge in [0.15, 0.2) is 17.5 Å². The highest BCUT2D eigenvalue weighted by molar-refractivity contribution is 6.19. The van der Waals surface area contributed by atoms with Crippen molar-refractivity contribution in [1.29, 1.82) is 0 Å². The van der Waals surface area contributed by atoms with Gasteiger partial charge >= 0.3 is 0 Å². The van der Waals surface area contributed by atoms with Gasteiger partial charge in [0.05, 0.1) is 33.5 Å². The van der Waals surface area contributed by atoms with Gasteiger partial charge in [-0.1, -0.05) is 188 Å². The van der Waals surface area contributed by atoms with E-state index in [1.54, 1.807) is 0 Å². The molecule has 13 rings (SSSR count). The molecule has 13 aromatic rings. The molecule has 0 aliphatic rings. The molecule has 0 N–H and O–H groups in total. The molecule has 7 heteroatoms. The quantitative estimate of drug-likeness (QED) is 0.152. The van der Waals surface area contributed by atoms with Gasteiger partial charge in [-0.05, 0) is 59.7 Å². The Morgan fingerprint density at radius 3 is 1.31 bits per heavy atom. The van der Waals surface area contributed by atoms with Gasteiger partial charge in [0.25, 0.3) is 0 Å². The molecule has 0 fully saturated rings. The van der Waals surface area contributed by atoms with Crippen LogP contribution in [-0.2, 0) is 0 Å². The van der Waals surface area contributed by atoms with Crippen LogP contribution < -0.4 is 0 Å². The van der Waals surface area contributed by atoms with Crippen molar-refractivity contribution >= 4 is 43.6 Å². The average molecular weight is 870 g/mol. The first-order valence-electron chi connectivity index (χ1n) is 22.7. The van der Waals surface area contributed by atoms with Gasteiger partial charge in [-0.25, -0.2) is 15.0 Å². The fourth-order valence-corrected chi connectivity index (χ4v) is 9.58. The van der Waals surface area contributed by atoms with E-state index in [4.69, 9.17) is 24.9 Å². The smallest absolute Gasteiger partial charge is 0.238 e. The highest BCUT2D eigenvalue weighted by Gasteiger charge is 2.22. The standard InChI is InChI=1S/C61H39N7/c1-5-19-40(20-6-1)44-27-17-29-46(35-44)60-64-59(43-25-11-4-12-26-43)65-61(66-60)68-55-34-16-14-32-49(55)51-37-56-50(38-57(51)68)48-31-13-15-33-54(48)67(56)47-30-18-28-45(36-47)53-39-52(41-21-7-2-8-22-41)62-58(63-53)42-23-9-3-10-24-42/h1-39H. The molecular weight excluding hydrogens is 831 g/mol. The molecule has 0 saturated heterocycles. The Hall–Kier alpha value is -9.33. The summed E-state index contributed by atoms with van der Waals surface area (Å²) in [5.41, 5.74) is 14.0. The Labute approximate surface area is 392 Å². The predicted molar refractivity (Wildman–Crippen MR) is 277 cm³/mol. The van der Waals surface area contributed by atoms with Crippen LogP contribution in [0.4, 0.5) is 0 Å². The van der Waals surface area contributed by atoms with Crippen molar-refractivity contribution in [1.82, 2.24) is 34.1 Å². The summed E-state index contributed by atoms with van der Waals surface area (Å²) >= 11 is 0. The molecule has 0 radical (unpaired) electrons. The Balaban J connectivity index is 1.01. The minimum Gasteiger partial charge on any atom is -0.309 e. The summed E-state index contributed by atoms with van der Waals surface area (Å²) in [6.07, 6.45) is 0. The average Bonchev–Trinajstić information content (AvgIpc) is 3.93. The van der Waals surface area contributed by atoms with E-state index in [9.17, 15) is 0 Å². The maximum absolute atomic E-state index is 5.32. The maximum atomic E-state index is 5.32. The topological polar surface area (TPSA) is 74.3 Å². The lowest BCUT2D eigenvalue weighted by Crippen LogP contribution is -2.06. The number of benzene rings is 9. The third kappa shape index (κ3) is 6.80. The largest absolute Gasteiger partial charge is 0.309 e. The van der Waals surface area contributed by atoms with Crippen molar-refractivity contribution in [2.75, 3.05) is 0 Å². The number of hydrogen-bond donors (Lipinski definition) is 0. The highest BCUT2D eigenvalue weighted by atomic mass is 15.2. The summed E-state index contributed by atoms with van der Waals surface area (Å²) in [4.78, 5) is 25.9. The number of fused-ring (bicyclic) bond motifs is 6. The van der Waals surface area contributed by atoms with E-state index in [2.05, 4.69) is 185 Å². The molecule has 0 atom stereocenters. The molecule has 7 nitrogen and oxygen atoms in total. The van der Waals surface area contributed by atoms with Crippen LogP contribution in [0, 0.1) is 0 Å². The summed E-state index contributed by atoms with van der Waals surface area (Å²) in [5, 5.41) is 4.46. The van der Waals surface area contributed by atoms with Crippen molar-refractivity contribution < 1.29 is 0 Å². The first-order valence-corrected chi connectivity index (χ1v) is 22.7. The molecule has 0 bridgehead atoms. The Bertz CT molecular complexity index is 3950. The van der Waals surface area contributed by atoms with Gasteiger partial charge in [-0.3, -0.25) is 4.57 Å². The molecule has 9 aromatic carbocycles. The lowest BCUT2D eigenvalue weighted by Gasteiger charge is -2.13. The van der Waals surface area contributed by atoms with E-state index in [-0.39, 0.29) is 0 Å². The zero-order valence-electron chi connectivity index (χ0n) is 36.6. The van der Waals surface area contributed by atoms with E-state index in [1.165, 1.54) is 0 Å². The van der Waals surface area contributed by atoms with Crippen molar-refractivity contribution in [3.8, 4) is 79.4 Å².